The number of halogens is 1. The summed E-state index contributed by atoms with van der Waals surface area (Å²) in [7, 11) is 1.53. The summed E-state index contributed by atoms with van der Waals surface area (Å²) in [4.78, 5) is 41.1. The van der Waals surface area contributed by atoms with Gasteiger partial charge >= 0.3 is 5.97 Å². The Morgan fingerprint density at radius 1 is 1.21 bits per heavy atom. The van der Waals surface area contributed by atoms with Crippen molar-refractivity contribution in [2.24, 2.45) is 5.73 Å². The van der Waals surface area contributed by atoms with E-state index in [1.54, 1.807) is 29.1 Å². The molecule has 0 spiro atoms. The number of nitrogens with zero attached hydrogens (tertiary/aromatic N) is 1. The number of benzene rings is 1. The van der Waals surface area contributed by atoms with E-state index in [4.69, 9.17) is 27.3 Å². The van der Waals surface area contributed by atoms with Crippen LogP contribution in [-0.4, -0.2) is 48.3 Å². The second kappa shape index (κ2) is 14.4. The Hall–Kier alpha value is -2.86. The Kier molecular flexibility index (Phi) is 11.6. The van der Waals surface area contributed by atoms with Gasteiger partial charge in [0.2, 0.25) is 23.7 Å². The van der Waals surface area contributed by atoms with E-state index in [2.05, 4.69) is 15.4 Å². The van der Waals surface area contributed by atoms with E-state index < -0.39 is 17.9 Å². The molecule has 0 radical (unpaired) electrons. The minimum Gasteiger partial charge on any atom is -0.481 e. The highest BCUT2D eigenvalue weighted by Gasteiger charge is 2.22. The van der Waals surface area contributed by atoms with Gasteiger partial charge in [-0.2, -0.15) is 0 Å². The number of nitrogens with two attached hydrogens (primary N) is 1. The van der Waals surface area contributed by atoms with Crippen LogP contribution in [-0.2, 0) is 33.9 Å². The third-order valence-corrected chi connectivity index (χ3v) is 5.89. The Morgan fingerprint density at radius 3 is 2.71 bits per heavy atom. The largest absolute Gasteiger partial charge is 0.481 e. The van der Waals surface area contributed by atoms with Crippen LogP contribution in [0.3, 0.4) is 0 Å². The molecular formula is C22H29ClN5O5S+. The molecule has 1 atom stereocenters. The average Bonchev–Trinajstić information content (AvgIpc) is 2.83. The van der Waals surface area contributed by atoms with Crippen molar-refractivity contribution in [2.45, 2.75) is 32.0 Å². The minimum atomic E-state index is -1.01. The quantitative estimate of drug-likeness (QED) is 0.179. The van der Waals surface area contributed by atoms with E-state index in [-0.39, 0.29) is 24.7 Å². The second-order valence-electron chi connectivity index (χ2n) is 7.20. The number of carbonyl (C=O) groups is 3. The van der Waals surface area contributed by atoms with Crippen LogP contribution in [0.1, 0.15) is 23.2 Å². The lowest BCUT2D eigenvalue weighted by Gasteiger charge is -2.17. The molecule has 184 valence electrons. The Labute approximate surface area is 207 Å². The first-order valence-corrected chi connectivity index (χ1v) is 11.8. The number of carboxylic acid groups (broad SMARTS) is 1. The molecule has 0 aliphatic rings. The summed E-state index contributed by atoms with van der Waals surface area (Å²) >= 11 is 6.93. The third-order valence-electron chi connectivity index (χ3n) is 4.82. The van der Waals surface area contributed by atoms with Gasteiger partial charge in [-0.3, -0.25) is 23.9 Å². The summed E-state index contributed by atoms with van der Waals surface area (Å²) in [5.74, 6) is -2.02. The molecule has 12 heteroatoms. The van der Waals surface area contributed by atoms with Crippen LogP contribution in [0.2, 0.25) is 5.02 Å². The highest BCUT2D eigenvalue weighted by atomic mass is 35.5. The summed E-state index contributed by atoms with van der Waals surface area (Å²) in [6, 6.07) is 10.1. The lowest BCUT2D eigenvalue weighted by Crippen LogP contribution is -2.47. The number of pyridine rings is 1. The van der Waals surface area contributed by atoms with E-state index >= 15 is 0 Å². The third kappa shape index (κ3) is 9.18. The summed E-state index contributed by atoms with van der Waals surface area (Å²) in [6.45, 7) is 0.302. The number of amides is 2. The fraction of sp³-hybridized carbons (Fsp3) is 0.364. The number of aromatic nitrogens is 1. The lowest BCUT2D eigenvalue weighted by molar-refractivity contribution is -0.890. The first kappa shape index (κ1) is 27.4. The van der Waals surface area contributed by atoms with Crippen LogP contribution in [0.25, 0.3) is 0 Å². The van der Waals surface area contributed by atoms with Crippen LogP contribution in [0, 0.1) is 0 Å². The molecule has 10 nitrogen and oxygen atoms in total. The smallest absolute Gasteiger partial charge is 0.314 e. The Balaban J connectivity index is 1.91. The van der Waals surface area contributed by atoms with Crippen LogP contribution >= 0.6 is 23.5 Å². The molecule has 2 aromatic rings. The van der Waals surface area contributed by atoms with Crippen molar-refractivity contribution in [3.05, 3.63) is 64.4 Å². The molecule has 0 fully saturated rings. The zero-order valence-corrected chi connectivity index (χ0v) is 20.3. The summed E-state index contributed by atoms with van der Waals surface area (Å²) in [5, 5.41) is 14.7. The number of carboxylic acids is 1. The molecule has 0 saturated heterocycles. The van der Waals surface area contributed by atoms with Gasteiger partial charge in [-0.25, -0.2) is 0 Å². The fourth-order valence-electron chi connectivity index (χ4n) is 3.08. The molecule has 0 aliphatic carbocycles. The van der Waals surface area contributed by atoms with Crippen molar-refractivity contribution in [3.8, 4) is 0 Å². The highest BCUT2D eigenvalue weighted by molar-refractivity contribution is 7.98. The maximum Gasteiger partial charge on any atom is 0.314 e. The number of hydrogen-bond donors (Lipinski definition) is 5. The number of aryl methyl sites for hydroxylation is 1. The topological polar surface area (TPSA) is 147 Å². The summed E-state index contributed by atoms with van der Waals surface area (Å²) in [5.41, 5.74) is 8.22. The zero-order chi connectivity index (χ0) is 24.9. The van der Waals surface area contributed by atoms with Crippen molar-refractivity contribution < 1.29 is 29.1 Å². The second-order valence-corrected chi connectivity index (χ2v) is 8.45. The first-order valence-electron chi connectivity index (χ1n) is 10.5. The predicted octanol–water partition coefficient (Wildman–Crippen LogP) is 0.201. The van der Waals surface area contributed by atoms with E-state index in [0.717, 1.165) is 28.8 Å². The molecule has 1 unspecified atom stereocenters. The number of carbonyl (C=O) groups excluding carboxylic acids is 2. The van der Waals surface area contributed by atoms with Gasteiger partial charge in [0.15, 0.2) is 0 Å². The lowest BCUT2D eigenvalue weighted by atomic mass is 10.1. The van der Waals surface area contributed by atoms with Crippen molar-refractivity contribution in [2.75, 3.05) is 19.4 Å². The number of hydrogen-bond acceptors (Lipinski definition) is 7. The number of rotatable bonds is 14. The number of aliphatic carboxylic acids is 1. The van der Waals surface area contributed by atoms with Crippen LogP contribution in [0.5, 0.6) is 0 Å². The van der Waals surface area contributed by atoms with Crippen LogP contribution < -0.4 is 30.7 Å². The standard InChI is InChI=1S/C22H28ClN5O5S/c1-33-28-9-3-2-4-18(28)7-8-19(27-34-14-21(30)31)22(32)26-13-20(29)25-12-16-10-17(23)6-5-15(16)11-24/h2-6,9-10,19,27H,7-8,11-14,24H2,1H3,(H2-,25,26,29,30,31,32)/p+1. The van der Waals surface area contributed by atoms with E-state index in [1.165, 1.54) is 7.11 Å². The van der Waals surface area contributed by atoms with E-state index in [1.807, 2.05) is 18.2 Å². The van der Waals surface area contributed by atoms with Gasteiger partial charge in [-0.15, -0.1) is 0 Å². The zero-order valence-electron chi connectivity index (χ0n) is 18.8. The average molecular weight is 511 g/mol. The van der Waals surface area contributed by atoms with Gasteiger partial charge < -0.3 is 21.5 Å². The fourth-order valence-corrected chi connectivity index (χ4v) is 3.91. The molecule has 2 rings (SSSR count). The van der Waals surface area contributed by atoms with Gasteiger partial charge in [-0.05, 0) is 35.7 Å². The maximum absolute atomic E-state index is 12.7. The number of nitrogens with one attached hydrogen (secondary N) is 3. The first-order chi connectivity index (χ1) is 16.3. The monoisotopic (exact) mass is 510 g/mol. The summed E-state index contributed by atoms with van der Waals surface area (Å²) < 4.78 is 4.46. The van der Waals surface area contributed by atoms with Crippen LogP contribution in [0.15, 0.2) is 42.6 Å². The molecule has 6 N–H and O–H groups in total. The van der Waals surface area contributed by atoms with E-state index in [0.29, 0.717) is 24.4 Å². The molecule has 1 heterocycles. The van der Waals surface area contributed by atoms with Gasteiger partial charge in [0.25, 0.3) is 0 Å². The highest BCUT2D eigenvalue weighted by Crippen LogP contribution is 2.15. The maximum atomic E-state index is 12.7. The molecular weight excluding hydrogens is 482 g/mol. The Bertz CT molecular complexity index is 994. The summed E-state index contributed by atoms with van der Waals surface area (Å²) in [6.07, 6.45) is 2.59. The molecule has 0 aliphatic heterocycles. The normalized spacial score (nSPS) is 11.5. The van der Waals surface area contributed by atoms with Gasteiger partial charge in [0, 0.05) is 41.4 Å². The molecule has 1 aromatic heterocycles. The SMILES string of the molecule is CO[n+]1ccccc1CCC(NSCC(=O)O)C(=O)NCC(=O)NCc1cc(Cl)ccc1CN. The van der Waals surface area contributed by atoms with Crippen molar-refractivity contribution in [3.63, 3.8) is 0 Å². The predicted molar refractivity (Wildman–Crippen MR) is 129 cm³/mol. The van der Waals surface area contributed by atoms with Crippen molar-refractivity contribution in [1.29, 1.82) is 0 Å². The molecule has 0 bridgehead atoms. The molecule has 2 amide bonds. The molecule has 1 aromatic carbocycles. The minimum absolute atomic E-state index is 0.212. The van der Waals surface area contributed by atoms with Crippen LogP contribution in [0.4, 0.5) is 0 Å². The van der Waals surface area contributed by atoms with Gasteiger partial charge in [-0.1, -0.05) is 29.6 Å². The van der Waals surface area contributed by atoms with Gasteiger partial charge in [0.05, 0.1) is 12.6 Å². The molecule has 34 heavy (non-hydrogen) atoms. The van der Waals surface area contributed by atoms with Gasteiger partial charge in [0.1, 0.15) is 12.9 Å². The van der Waals surface area contributed by atoms with Crippen molar-refractivity contribution in [1.82, 2.24) is 15.4 Å². The molecule has 0 saturated carbocycles. The van der Waals surface area contributed by atoms with Crippen molar-refractivity contribution >= 4 is 41.3 Å². The van der Waals surface area contributed by atoms with E-state index in [9.17, 15) is 14.4 Å². The Morgan fingerprint density at radius 2 is 2.00 bits per heavy atom.